The van der Waals surface area contributed by atoms with E-state index >= 15 is 0 Å². The Labute approximate surface area is 89.3 Å². The Bertz CT molecular complexity index is 286. The predicted octanol–water partition coefficient (Wildman–Crippen LogP) is 3.32. The van der Waals surface area contributed by atoms with Crippen LogP contribution in [0.3, 0.4) is 0 Å². The molecule has 0 saturated heterocycles. The topological polar surface area (TPSA) is 3.24 Å². The van der Waals surface area contributed by atoms with Crippen molar-refractivity contribution in [1.29, 1.82) is 0 Å². The van der Waals surface area contributed by atoms with Crippen LogP contribution in [0.5, 0.6) is 0 Å². The van der Waals surface area contributed by atoms with Crippen molar-refractivity contribution in [2.45, 2.75) is 6.92 Å². The molecule has 0 spiro atoms. The van der Waals surface area contributed by atoms with Gasteiger partial charge in [0.15, 0.2) is 0 Å². The van der Waals surface area contributed by atoms with Crippen LogP contribution in [-0.2, 0) is 0 Å². The second-order valence-electron chi connectivity index (χ2n) is 3.04. The summed E-state index contributed by atoms with van der Waals surface area (Å²) in [4.78, 5) is 2.11. The zero-order valence-corrected chi connectivity index (χ0v) is 9.36. The molecule has 0 bridgehead atoms. The summed E-state index contributed by atoms with van der Waals surface area (Å²) in [5, 5.41) is 0.766. The highest BCUT2D eigenvalue weighted by molar-refractivity contribution is 6.30. The van der Waals surface area contributed by atoms with E-state index in [1.54, 1.807) is 0 Å². The van der Waals surface area contributed by atoms with Crippen molar-refractivity contribution in [1.82, 2.24) is 0 Å². The van der Waals surface area contributed by atoms with Crippen molar-refractivity contribution < 1.29 is 0 Å². The largest absolute Gasteiger partial charge is 0.373 e. The first-order valence-corrected chi connectivity index (χ1v) is 5.09. The van der Waals surface area contributed by atoms with Gasteiger partial charge in [0.2, 0.25) is 0 Å². The molecule has 0 N–H and O–H groups in total. The lowest BCUT2D eigenvalue weighted by Crippen LogP contribution is -2.20. The van der Waals surface area contributed by atoms with Crippen LogP contribution in [0.15, 0.2) is 18.2 Å². The van der Waals surface area contributed by atoms with Crippen LogP contribution in [0.1, 0.15) is 5.56 Å². The van der Waals surface area contributed by atoms with Gasteiger partial charge in [0, 0.05) is 30.2 Å². The summed E-state index contributed by atoms with van der Waals surface area (Å²) in [6.45, 7) is 2.90. The average molecular weight is 218 g/mol. The van der Waals surface area contributed by atoms with Crippen molar-refractivity contribution in [3.63, 3.8) is 0 Å². The van der Waals surface area contributed by atoms with Crippen LogP contribution in [0.4, 0.5) is 5.69 Å². The van der Waals surface area contributed by atoms with E-state index in [1.165, 1.54) is 5.56 Å². The van der Waals surface area contributed by atoms with E-state index in [9.17, 15) is 0 Å². The van der Waals surface area contributed by atoms with E-state index in [1.807, 2.05) is 25.2 Å². The Morgan fingerprint density at radius 3 is 2.69 bits per heavy atom. The minimum absolute atomic E-state index is 0.627. The van der Waals surface area contributed by atoms with Gasteiger partial charge in [-0.15, -0.1) is 11.6 Å². The first-order valence-electron chi connectivity index (χ1n) is 4.18. The van der Waals surface area contributed by atoms with Gasteiger partial charge < -0.3 is 4.90 Å². The van der Waals surface area contributed by atoms with Crippen LogP contribution < -0.4 is 4.90 Å². The molecule has 72 valence electrons. The van der Waals surface area contributed by atoms with Crippen LogP contribution in [0.25, 0.3) is 0 Å². The summed E-state index contributed by atoms with van der Waals surface area (Å²) in [6.07, 6.45) is 0. The monoisotopic (exact) mass is 217 g/mol. The third kappa shape index (κ3) is 2.78. The summed E-state index contributed by atoms with van der Waals surface area (Å²) >= 11 is 11.6. The summed E-state index contributed by atoms with van der Waals surface area (Å²) in [5.41, 5.74) is 2.37. The van der Waals surface area contributed by atoms with E-state index < -0.39 is 0 Å². The van der Waals surface area contributed by atoms with Crippen molar-refractivity contribution >= 4 is 28.9 Å². The molecule has 0 amide bonds. The summed E-state index contributed by atoms with van der Waals surface area (Å²) in [6, 6.07) is 5.88. The zero-order valence-electron chi connectivity index (χ0n) is 7.85. The predicted molar refractivity (Wildman–Crippen MR) is 60.2 cm³/mol. The molecule has 3 heteroatoms. The van der Waals surface area contributed by atoms with Gasteiger partial charge in [-0.1, -0.05) is 17.7 Å². The molecule has 1 aromatic rings. The molecule has 0 fully saturated rings. The quantitative estimate of drug-likeness (QED) is 0.703. The van der Waals surface area contributed by atoms with E-state index in [4.69, 9.17) is 23.2 Å². The lowest BCUT2D eigenvalue weighted by molar-refractivity contribution is 0.966. The molecule has 13 heavy (non-hydrogen) atoms. The molecule has 0 unspecified atom stereocenters. The fourth-order valence-electron chi connectivity index (χ4n) is 1.24. The fraction of sp³-hybridized carbons (Fsp3) is 0.400. The standard InChI is InChI=1S/C10H13Cl2N/c1-8-3-4-9(12)7-10(8)13(2)6-5-11/h3-4,7H,5-6H2,1-2H3. The molecule has 0 radical (unpaired) electrons. The van der Waals surface area contributed by atoms with Gasteiger partial charge in [-0.05, 0) is 24.6 Å². The molecule has 0 heterocycles. The van der Waals surface area contributed by atoms with Gasteiger partial charge in [-0.25, -0.2) is 0 Å². The van der Waals surface area contributed by atoms with Crippen molar-refractivity contribution in [3.05, 3.63) is 28.8 Å². The number of benzene rings is 1. The molecular formula is C10H13Cl2N. The van der Waals surface area contributed by atoms with E-state index in [2.05, 4.69) is 11.8 Å². The van der Waals surface area contributed by atoms with Crippen LogP contribution in [-0.4, -0.2) is 19.5 Å². The molecule has 0 aliphatic carbocycles. The molecule has 1 aromatic carbocycles. The Hall–Kier alpha value is -0.400. The Kier molecular flexibility index (Phi) is 3.89. The Morgan fingerprint density at radius 1 is 1.38 bits per heavy atom. The van der Waals surface area contributed by atoms with Crippen molar-refractivity contribution in [2.75, 3.05) is 24.4 Å². The van der Waals surface area contributed by atoms with Crippen LogP contribution in [0, 0.1) is 6.92 Å². The fourth-order valence-corrected chi connectivity index (χ4v) is 1.66. The number of hydrogen-bond donors (Lipinski definition) is 0. The molecule has 1 rings (SSSR count). The Morgan fingerprint density at radius 2 is 2.08 bits per heavy atom. The van der Waals surface area contributed by atoms with Gasteiger partial charge in [0.1, 0.15) is 0 Å². The molecule has 1 nitrogen and oxygen atoms in total. The average Bonchev–Trinajstić information content (AvgIpc) is 2.09. The second kappa shape index (κ2) is 4.73. The number of rotatable bonds is 3. The molecule has 0 aromatic heterocycles. The highest BCUT2D eigenvalue weighted by Crippen LogP contribution is 2.22. The molecule has 0 aliphatic heterocycles. The van der Waals surface area contributed by atoms with Gasteiger partial charge in [-0.2, -0.15) is 0 Å². The third-order valence-electron chi connectivity index (χ3n) is 2.00. The Balaban J connectivity index is 2.91. The first-order chi connectivity index (χ1) is 6.15. The maximum absolute atomic E-state index is 5.90. The highest BCUT2D eigenvalue weighted by atomic mass is 35.5. The molecule has 0 aliphatic rings. The number of anilines is 1. The van der Waals surface area contributed by atoms with Gasteiger partial charge in [0.05, 0.1) is 0 Å². The first kappa shape index (κ1) is 10.7. The summed E-state index contributed by atoms with van der Waals surface area (Å²) in [5.74, 6) is 0.627. The van der Waals surface area contributed by atoms with Gasteiger partial charge in [-0.3, -0.25) is 0 Å². The number of alkyl halides is 1. The lowest BCUT2D eigenvalue weighted by Gasteiger charge is -2.20. The van der Waals surface area contributed by atoms with Crippen molar-refractivity contribution in [3.8, 4) is 0 Å². The summed E-state index contributed by atoms with van der Waals surface area (Å²) < 4.78 is 0. The minimum atomic E-state index is 0.627. The highest BCUT2D eigenvalue weighted by Gasteiger charge is 2.03. The number of halogens is 2. The SMILES string of the molecule is Cc1ccc(Cl)cc1N(C)CCCl. The van der Waals surface area contributed by atoms with Crippen LogP contribution >= 0.6 is 23.2 Å². The van der Waals surface area contributed by atoms with E-state index in [-0.39, 0.29) is 0 Å². The van der Waals surface area contributed by atoms with Crippen LogP contribution in [0.2, 0.25) is 5.02 Å². The summed E-state index contributed by atoms with van der Waals surface area (Å²) in [7, 11) is 2.01. The maximum Gasteiger partial charge on any atom is 0.0426 e. The van der Waals surface area contributed by atoms with Gasteiger partial charge in [0.25, 0.3) is 0 Å². The third-order valence-corrected chi connectivity index (χ3v) is 2.41. The minimum Gasteiger partial charge on any atom is -0.373 e. The van der Waals surface area contributed by atoms with Crippen molar-refractivity contribution in [2.24, 2.45) is 0 Å². The number of hydrogen-bond acceptors (Lipinski definition) is 1. The number of nitrogens with zero attached hydrogens (tertiary/aromatic N) is 1. The van der Waals surface area contributed by atoms with E-state index in [0.717, 1.165) is 17.3 Å². The zero-order chi connectivity index (χ0) is 9.84. The normalized spacial score (nSPS) is 10.2. The molecule has 0 atom stereocenters. The molecule has 0 saturated carbocycles. The smallest absolute Gasteiger partial charge is 0.0426 e. The van der Waals surface area contributed by atoms with Gasteiger partial charge >= 0.3 is 0 Å². The molecular weight excluding hydrogens is 205 g/mol. The number of aryl methyl sites for hydroxylation is 1. The maximum atomic E-state index is 5.90. The van der Waals surface area contributed by atoms with E-state index in [0.29, 0.717) is 5.88 Å². The second-order valence-corrected chi connectivity index (χ2v) is 3.86. The lowest BCUT2D eigenvalue weighted by atomic mass is 10.2.